The van der Waals surface area contributed by atoms with Crippen LogP contribution in [0.2, 0.25) is 5.02 Å². The molecular weight excluding hydrogens is 270 g/mol. The molecule has 1 amide bonds. The summed E-state index contributed by atoms with van der Waals surface area (Å²) in [5, 5.41) is 3.56. The molecule has 20 heavy (non-hydrogen) atoms. The number of aryl methyl sites for hydroxylation is 2. The largest absolute Gasteiger partial charge is 0.326 e. The van der Waals surface area contributed by atoms with Crippen LogP contribution in [-0.2, 0) is 24.1 Å². The molecule has 0 radical (unpaired) electrons. The molecule has 2 aromatic rings. The zero-order valence-corrected chi connectivity index (χ0v) is 11.9. The van der Waals surface area contributed by atoms with Crippen LogP contribution < -0.4 is 5.32 Å². The summed E-state index contributed by atoms with van der Waals surface area (Å²) in [6.45, 7) is 0. The summed E-state index contributed by atoms with van der Waals surface area (Å²) in [4.78, 5) is 12.0. The van der Waals surface area contributed by atoms with Gasteiger partial charge in [0.05, 0.1) is 6.42 Å². The zero-order valence-electron chi connectivity index (χ0n) is 11.2. The Morgan fingerprint density at radius 2 is 1.80 bits per heavy atom. The molecule has 0 unspecified atom stereocenters. The molecule has 0 saturated carbocycles. The predicted octanol–water partition coefficient (Wildman–Crippen LogP) is 4.01. The number of hydrogen-bond acceptors (Lipinski definition) is 1. The number of hydrogen-bond donors (Lipinski definition) is 1. The molecule has 0 fully saturated rings. The van der Waals surface area contributed by atoms with Crippen LogP contribution in [0.15, 0.2) is 42.5 Å². The predicted molar refractivity (Wildman–Crippen MR) is 82.3 cm³/mol. The topological polar surface area (TPSA) is 29.1 Å². The number of halogens is 1. The first kappa shape index (κ1) is 13.2. The minimum atomic E-state index is 0.00488. The molecule has 0 aliphatic heterocycles. The molecule has 3 rings (SSSR count). The molecule has 1 N–H and O–H groups in total. The third-order valence-corrected chi connectivity index (χ3v) is 3.91. The molecule has 0 bridgehead atoms. The molecule has 102 valence electrons. The third kappa shape index (κ3) is 3.02. The number of rotatable bonds is 3. The minimum Gasteiger partial charge on any atom is -0.326 e. The smallest absolute Gasteiger partial charge is 0.228 e. The molecule has 2 nitrogen and oxygen atoms in total. The van der Waals surface area contributed by atoms with Gasteiger partial charge in [-0.2, -0.15) is 0 Å². The van der Waals surface area contributed by atoms with E-state index < -0.39 is 0 Å². The van der Waals surface area contributed by atoms with Crippen molar-refractivity contribution in [2.75, 3.05) is 5.32 Å². The van der Waals surface area contributed by atoms with Crippen LogP contribution in [0.1, 0.15) is 23.1 Å². The van der Waals surface area contributed by atoms with E-state index in [-0.39, 0.29) is 5.91 Å². The summed E-state index contributed by atoms with van der Waals surface area (Å²) in [6, 6.07) is 13.5. The molecule has 0 heterocycles. The summed E-state index contributed by atoms with van der Waals surface area (Å²) >= 11 is 5.82. The Balaban J connectivity index is 1.65. The van der Waals surface area contributed by atoms with Crippen molar-refractivity contribution in [3.8, 4) is 0 Å². The van der Waals surface area contributed by atoms with Crippen molar-refractivity contribution >= 4 is 23.2 Å². The highest BCUT2D eigenvalue weighted by molar-refractivity contribution is 6.30. The SMILES string of the molecule is O=C(Cc1ccc2c(c1)CCC2)Nc1ccc(Cl)cc1. The molecule has 0 spiro atoms. The number of carbonyl (C=O) groups is 1. The second-order valence-electron chi connectivity index (χ2n) is 5.19. The van der Waals surface area contributed by atoms with Gasteiger partial charge in [-0.1, -0.05) is 29.8 Å². The Bertz CT molecular complexity index is 634. The van der Waals surface area contributed by atoms with Crippen LogP contribution in [-0.4, -0.2) is 5.91 Å². The van der Waals surface area contributed by atoms with Gasteiger partial charge in [0, 0.05) is 10.7 Å². The number of amides is 1. The lowest BCUT2D eigenvalue weighted by atomic mass is 10.0. The van der Waals surface area contributed by atoms with E-state index in [0.717, 1.165) is 17.7 Å². The molecule has 1 aliphatic rings. The van der Waals surface area contributed by atoms with Crippen molar-refractivity contribution < 1.29 is 4.79 Å². The standard InChI is InChI=1S/C17H16ClNO/c18-15-6-8-16(9-7-15)19-17(20)11-12-4-5-13-2-1-3-14(13)10-12/h4-10H,1-3,11H2,(H,19,20). The van der Waals surface area contributed by atoms with E-state index in [1.54, 1.807) is 12.1 Å². The van der Waals surface area contributed by atoms with E-state index >= 15 is 0 Å². The first-order chi connectivity index (χ1) is 9.70. The van der Waals surface area contributed by atoms with Gasteiger partial charge in [0.25, 0.3) is 0 Å². The van der Waals surface area contributed by atoms with E-state index in [1.165, 1.54) is 24.0 Å². The fourth-order valence-electron chi connectivity index (χ4n) is 2.66. The summed E-state index contributed by atoms with van der Waals surface area (Å²) in [6.07, 6.45) is 3.96. The number of fused-ring (bicyclic) bond motifs is 1. The van der Waals surface area contributed by atoms with Crippen LogP contribution in [0.4, 0.5) is 5.69 Å². The van der Waals surface area contributed by atoms with Gasteiger partial charge in [-0.3, -0.25) is 4.79 Å². The maximum absolute atomic E-state index is 12.0. The monoisotopic (exact) mass is 285 g/mol. The minimum absolute atomic E-state index is 0.00488. The molecule has 0 saturated heterocycles. The van der Waals surface area contributed by atoms with Gasteiger partial charge in [0.15, 0.2) is 0 Å². The molecule has 1 aliphatic carbocycles. The van der Waals surface area contributed by atoms with Gasteiger partial charge in [-0.05, 0) is 60.2 Å². The van der Waals surface area contributed by atoms with Crippen molar-refractivity contribution in [1.82, 2.24) is 0 Å². The number of anilines is 1. The molecular formula is C17H16ClNO. The van der Waals surface area contributed by atoms with E-state index in [2.05, 4.69) is 23.5 Å². The molecule has 3 heteroatoms. The average molecular weight is 286 g/mol. The molecule has 0 atom stereocenters. The van der Waals surface area contributed by atoms with Crippen molar-refractivity contribution in [3.63, 3.8) is 0 Å². The first-order valence-corrected chi connectivity index (χ1v) is 7.24. The lowest BCUT2D eigenvalue weighted by molar-refractivity contribution is -0.115. The van der Waals surface area contributed by atoms with Crippen molar-refractivity contribution in [2.24, 2.45) is 0 Å². The summed E-state index contributed by atoms with van der Waals surface area (Å²) < 4.78 is 0. The van der Waals surface area contributed by atoms with Crippen molar-refractivity contribution in [2.45, 2.75) is 25.7 Å². The van der Waals surface area contributed by atoms with E-state index in [4.69, 9.17) is 11.6 Å². The Morgan fingerprint density at radius 1 is 1.05 bits per heavy atom. The second kappa shape index (κ2) is 5.68. The molecule has 0 aromatic heterocycles. The zero-order chi connectivity index (χ0) is 13.9. The van der Waals surface area contributed by atoms with Crippen LogP contribution in [0, 0.1) is 0 Å². The summed E-state index contributed by atoms with van der Waals surface area (Å²) in [5.41, 5.74) is 4.70. The first-order valence-electron chi connectivity index (χ1n) is 6.87. The van der Waals surface area contributed by atoms with Crippen molar-refractivity contribution in [1.29, 1.82) is 0 Å². The Kier molecular flexibility index (Phi) is 3.75. The average Bonchev–Trinajstić information content (AvgIpc) is 2.89. The van der Waals surface area contributed by atoms with Crippen LogP contribution >= 0.6 is 11.6 Å². The highest BCUT2D eigenvalue weighted by Crippen LogP contribution is 2.23. The lowest BCUT2D eigenvalue weighted by Crippen LogP contribution is -2.14. The Hall–Kier alpha value is -1.80. The number of benzene rings is 2. The van der Waals surface area contributed by atoms with Gasteiger partial charge < -0.3 is 5.32 Å². The Labute approximate surface area is 123 Å². The molecule has 2 aromatic carbocycles. The quantitative estimate of drug-likeness (QED) is 0.907. The van der Waals surface area contributed by atoms with Crippen LogP contribution in [0.3, 0.4) is 0 Å². The van der Waals surface area contributed by atoms with Crippen molar-refractivity contribution in [3.05, 3.63) is 64.2 Å². The third-order valence-electron chi connectivity index (χ3n) is 3.66. The van der Waals surface area contributed by atoms with Crippen LogP contribution in [0.25, 0.3) is 0 Å². The number of nitrogens with one attached hydrogen (secondary N) is 1. The van der Waals surface area contributed by atoms with E-state index in [1.807, 2.05) is 12.1 Å². The van der Waals surface area contributed by atoms with Gasteiger partial charge in [-0.25, -0.2) is 0 Å². The second-order valence-corrected chi connectivity index (χ2v) is 5.62. The van der Waals surface area contributed by atoms with Gasteiger partial charge in [0.2, 0.25) is 5.91 Å². The van der Waals surface area contributed by atoms with E-state index in [9.17, 15) is 4.79 Å². The summed E-state index contributed by atoms with van der Waals surface area (Å²) in [5.74, 6) is 0.00488. The van der Waals surface area contributed by atoms with Gasteiger partial charge in [0.1, 0.15) is 0 Å². The highest BCUT2D eigenvalue weighted by Gasteiger charge is 2.12. The number of carbonyl (C=O) groups excluding carboxylic acids is 1. The normalized spacial score (nSPS) is 13.1. The summed E-state index contributed by atoms with van der Waals surface area (Å²) in [7, 11) is 0. The fourth-order valence-corrected chi connectivity index (χ4v) is 2.78. The van der Waals surface area contributed by atoms with Gasteiger partial charge >= 0.3 is 0 Å². The van der Waals surface area contributed by atoms with E-state index in [0.29, 0.717) is 11.4 Å². The highest BCUT2D eigenvalue weighted by atomic mass is 35.5. The maximum atomic E-state index is 12.0. The Morgan fingerprint density at radius 3 is 2.60 bits per heavy atom. The maximum Gasteiger partial charge on any atom is 0.228 e. The van der Waals surface area contributed by atoms with Crippen LogP contribution in [0.5, 0.6) is 0 Å². The fraction of sp³-hybridized carbons (Fsp3) is 0.235. The lowest BCUT2D eigenvalue weighted by Gasteiger charge is -2.07. The van der Waals surface area contributed by atoms with Gasteiger partial charge in [-0.15, -0.1) is 0 Å².